The normalized spacial score (nSPS) is 23.3. The summed E-state index contributed by atoms with van der Waals surface area (Å²) in [6, 6.07) is 7.82. The zero-order valence-electron chi connectivity index (χ0n) is 8.45. The zero-order valence-corrected chi connectivity index (χ0v) is 9.20. The van der Waals surface area contributed by atoms with Crippen LogP contribution in [0.2, 0.25) is 5.02 Å². The highest BCUT2D eigenvalue weighted by Crippen LogP contribution is 2.25. The van der Waals surface area contributed by atoms with Gasteiger partial charge in [-0.3, -0.25) is 0 Å². The van der Waals surface area contributed by atoms with Crippen LogP contribution in [-0.4, -0.2) is 13.2 Å². The van der Waals surface area contributed by atoms with Crippen LogP contribution >= 0.6 is 11.6 Å². The number of halogens is 1. The van der Waals surface area contributed by atoms with Crippen LogP contribution in [0.1, 0.15) is 5.56 Å². The maximum atomic E-state index is 6.08. The van der Waals surface area contributed by atoms with Crippen molar-refractivity contribution in [3.63, 3.8) is 0 Å². The third-order valence-corrected chi connectivity index (χ3v) is 2.92. The van der Waals surface area contributed by atoms with E-state index >= 15 is 0 Å². The monoisotopic (exact) mass is 220 g/mol. The fraction of sp³-hybridized carbons (Fsp3) is 0.231. The van der Waals surface area contributed by atoms with E-state index in [2.05, 4.69) is 12.7 Å². The second-order valence-electron chi connectivity index (χ2n) is 3.60. The standard InChI is InChI=1S/C13H13ClO/c1-2-10-8-15-9-12(10)7-11-5-3-4-6-13(11)14/h2-7,10H,1,8-9H2/b12-7+. The molecule has 78 valence electrons. The predicted octanol–water partition coefficient (Wildman–Crippen LogP) is 3.56. The van der Waals surface area contributed by atoms with E-state index < -0.39 is 0 Å². The van der Waals surface area contributed by atoms with Crippen molar-refractivity contribution >= 4 is 17.7 Å². The first-order valence-corrected chi connectivity index (χ1v) is 5.34. The first-order chi connectivity index (χ1) is 7.31. The molecule has 2 rings (SSSR count). The lowest BCUT2D eigenvalue weighted by molar-refractivity contribution is 0.195. The summed E-state index contributed by atoms with van der Waals surface area (Å²) < 4.78 is 5.39. The molecule has 0 N–H and O–H groups in total. The van der Waals surface area contributed by atoms with E-state index in [1.807, 2.05) is 30.3 Å². The fourth-order valence-corrected chi connectivity index (χ4v) is 1.87. The first-order valence-electron chi connectivity index (χ1n) is 4.96. The summed E-state index contributed by atoms with van der Waals surface area (Å²) in [5, 5.41) is 0.778. The molecule has 1 aliphatic heterocycles. The van der Waals surface area contributed by atoms with Gasteiger partial charge in [0, 0.05) is 10.9 Å². The lowest BCUT2D eigenvalue weighted by Gasteiger charge is -2.04. The molecule has 0 spiro atoms. The molecule has 1 nitrogen and oxygen atoms in total. The third-order valence-electron chi connectivity index (χ3n) is 2.57. The summed E-state index contributed by atoms with van der Waals surface area (Å²) in [7, 11) is 0. The van der Waals surface area contributed by atoms with Gasteiger partial charge in [-0.25, -0.2) is 0 Å². The van der Waals surface area contributed by atoms with Gasteiger partial charge in [-0.1, -0.05) is 42.0 Å². The second kappa shape index (κ2) is 4.65. The average Bonchev–Trinajstić information content (AvgIpc) is 2.69. The molecule has 0 radical (unpaired) electrons. The van der Waals surface area contributed by atoms with Gasteiger partial charge in [0.15, 0.2) is 0 Å². The van der Waals surface area contributed by atoms with E-state index in [9.17, 15) is 0 Å². The van der Waals surface area contributed by atoms with Gasteiger partial charge in [0.05, 0.1) is 13.2 Å². The Kier molecular flexibility index (Phi) is 3.24. The minimum atomic E-state index is 0.335. The quantitative estimate of drug-likeness (QED) is 0.693. The van der Waals surface area contributed by atoms with Crippen LogP contribution in [0, 0.1) is 5.92 Å². The smallest absolute Gasteiger partial charge is 0.0687 e. The van der Waals surface area contributed by atoms with Gasteiger partial charge in [0.2, 0.25) is 0 Å². The molecule has 1 unspecified atom stereocenters. The first kappa shape index (κ1) is 10.5. The van der Waals surface area contributed by atoms with Gasteiger partial charge in [0.1, 0.15) is 0 Å². The molecule has 2 heteroatoms. The van der Waals surface area contributed by atoms with Crippen molar-refractivity contribution in [1.29, 1.82) is 0 Å². The SMILES string of the molecule is C=CC1COC/C1=C\c1ccccc1Cl. The summed E-state index contributed by atoms with van der Waals surface area (Å²) in [5.74, 6) is 0.335. The minimum Gasteiger partial charge on any atom is -0.376 e. The Morgan fingerprint density at radius 1 is 1.40 bits per heavy atom. The Morgan fingerprint density at radius 2 is 2.20 bits per heavy atom. The largest absolute Gasteiger partial charge is 0.376 e. The fourth-order valence-electron chi connectivity index (χ4n) is 1.68. The highest BCUT2D eigenvalue weighted by molar-refractivity contribution is 6.32. The molecule has 15 heavy (non-hydrogen) atoms. The predicted molar refractivity (Wildman–Crippen MR) is 63.9 cm³/mol. The van der Waals surface area contributed by atoms with Crippen LogP contribution in [0.5, 0.6) is 0 Å². The van der Waals surface area contributed by atoms with Crippen LogP contribution in [-0.2, 0) is 4.74 Å². The molecular formula is C13H13ClO. The summed E-state index contributed by atoms with van der Waals surface area (Å²) in [6.07, 6.45) is 4.03. The van der Waals surface area contributed by atoms with Crippen molar-refractivity contribution in [3.8, 4) is 0 Å². The van der Waals surface area contributed by atoms with Gasteiger partial charge in [-0.2, -0.15) is 0 Å². The van der Waals surface area contributed by atoms with E-state index in [1.54, 1.807) is 0 Å². The molecule has 0 bridgehead atoms. The molecule has 1 aliphatic rings. The average molecular weight is 221 g/mol. The van der Waals surface area contributed by atoms with E-state index in [0.717, 1.165) is 17.2 Å². The molecule has 1 aromatic rings. The van der Waals surface area contributed by atoms with Gasteiger partial charge in [-0.05, 0) is 17.2 Å². The molecular weight excluding hydrogens is 208 g/mol. The number of hydrogen-bond donors (Lipinski definition) is 0. The van der Waals surface area contributed by atoms with Gasteiger partial charge in [0.25, 0.3) is 0 Å². The summed E-state index contributed by atoms with van der Waals surface area (Å²) in [5.41, 5.74) is 2.30. The Labute approximate surface area is 95.0 Å². The number of rotatable bonds is 2. The lowest BCUT2D eigenvalue weighted by atomic mass is 10.0. The van der Waals surface area contributed by atoms with E-state index in [-0.39, 0.29) is 0 Å². The molecule has 0 aromatic heterocycles. The number of hydrogen-bond acceptors (Lipinski definition) is 1. The third kappa shape index (κ3) is 2.31. The molecule has 0 saturated carbocycles. The van der Waals surface area contributed by atoms with Gasteiger partial charge < -0.3 is 4.74 Å². The van der Waals surface area contributed by atoms with Crippen LogP contribution in [0.25, 0.3) is 6.08 Å². The Hall–Kier alpha value is -1.05. The summed E-state index contributed by atoms with van der Waals surface area (Å²) in [6.45, 7) is 5.22. The van der Waals surface area contributed by atoms with Crippen molar-refractivity contribution < 1.29 is 4.74 Å². The van der Waals surface area contributed by atoms with Crippen LogP contribution < -0.4 is 0 Å². The highest BCUT2D eigenvalue weighted by Gasteiger charge is 2.18. The van der Waals surface area contributed by atoms with E-state index in [0.29, 0.717) is 12.5 Å². The van der Waals surface area contributed by atoms with Crippen LogP contribution in [0.3, 0.4) is 0 Å². The Balaban J connectivity index is 2.30. The number of benzene rings is 1. The van der Waals surface area contributed by atoms with Crippen molar-refractivity contribution in [1.82, 2.24) is 0 Å². The van der Waals surface area contributed by atoms with Crippen molar-refractivity contribution in [3.05, 3.63) is 53.1 Å². The highest BCUT2D eigenvalue weighted by atomic mass is 35.5. The molecule has 1 aromatic carbocycles. The van der Waals surface area contributed by atoms with Crippen molar-refractivity contribution in [2.75, 3.05) is 13.2 Å². The van der Waals surface area contributed by atoms with E-state index in [1.165, 1.54) is 5.57 Å². The van der Waals surface area contributed by atoms with Crippen LogP contribution in [0.15, 0.2) is 42.5 Å². The van der Waals surface area contributed by atoms with Crippen LogP contribution in [0.4, 0.5) is 0 Å². The molecule has 1 saturated heterocycles. The molecule has 0 aliphatic carbocycles. The second-order valence-corrected chi connectivity index (χ2v) is 4.01. The van der Waals surface area contributed by atoms with Crippen molar-refractivity contribution in [2.45, 2.75) is 0 Å². The maximum Gasteiger partial charge on any atom is 0.0687 e. The molecule has 1 atom stereocenters. The number of ether oxygens (including phenoxy) is 1. The molecule has 1 fully saturated rings. The minimum absolute atomic E-state index is 0.335. The van der Waals surface area contributed by atoms with Gasteiger partial charge >= 0.3 is 0 Å². The van der Waals surface area contributed by atoms with E-state index in [4.69, 9.17) is 16.3 Å². The van der Waals surface area contributed by atoms with Gasteiger partial charge in [-0.15, -0.1) is 6.58 Å². The Morgan fingerprint density at radius 3 is 2.93 bits per heavy atom. The zero-order chi connectivity index (χ0) is 10.7. The summed E-state index contributed by atoms with van der Waals surface area (Å²) >= 11 is 6.08. The topological polar surface area (TPSA) is 9.23 Å². The lowest BCUT2D eigenvalue weighted by Crippen LogP contribution is -1.96. The molecule has 1 heterocycles. The Bertz CT molecular complexity index is 395. The summed E-state index contributed by atoms with van der Waals surface area (Å²) in [4.78, 5) is 0. The molecule has 0 amide bonds. The maximum absolute atomic E-state index is 6.08. The van der Waals surface area contributed by atoms with Crippen molar-refractivity contribution in [2.24, 2.45) is 5.92 Å².